The summed E-state index contributed by atoms with van der Waals surface area (Å²) in [6.45, 7) is 3.94. The van der Waals surface area contributed by atoms with Crippen LogP contribution in [-0.2, 0) is 9.53 Å². The Labute approximate surface area is 78.3 Å². The number of rotatable bonds is 3. The van der Waals surface area contributed by atoms with Crippen molar-refractivity contribution in [2.75, 3.05) is 14.2 Å². The van der Waals surface area contributed by atoms with Gasteiger partial charge in [0, 0.05) is 0 Å². The van der Waals surface area contributed by atoms with E-state index in [1.165, 1.54) is 7.11 Å². The van der Waals surface area contributed by atoms with Gasteiger partial charge in [0.15, 0.2) is 0 Å². The summed E-state index contributed by atoms with van der Waals surface area (Å²) in [4.78, 5) is 10.9. The molecule has 68 valence electrons. The largest absolute Gasteiger partial charge is 0.468 e. The Hall–Kier alpha value is -0.0900. The predicted molar refractivity (Wildman–Crippen MR) is 50.0 cm³/mol. The second kappa shape index (κ2) is 6.61. The first kappa shape index (κ1) is 13.5. The fourth-order valence-electron chi connectivity index (χ4n) is 0.850. The smallest absolute Gasteiger partial charge is 0.323 e. The van der Waals surface area contributed by atoms with E-state index >= 15 is 0 Å². The molecular formula is C7H16BrNO2. The first-order valence-corrected chi connectivity index (χ1v) is 3.38. The predicted octanol–water partition coefficient (Wildman–Crippen LogP) is 0.981. The van der Waals surface area contributed by atoms with Crippen molar-refractivity contribution in [1.29, 1.82) is 0 Å². The molecule has 0 bridgehead atoms. The van der Waals surface area contributed by atoms with Gasteiger partial charge in [-0.15, -0.1) is 17.0 Å². The lowest BCUT2D eigenvalue weighted by Gasteiger charge is -2.16. The maximum Gasteiger partial charge on any atom is 0.323 e. The monoisotopic (exact) mass is 225 g/mol. The number of ether oxygens (including phenoxy) is 1. The molecule has 0 aliphatic carbocycles. The number of carbonyl (C=O) groups is 1. The summed E-state index contributed by atoms with van der Waals surface area (Å²) in [7, 11) is 3.15. The van der Waals surface area contributed by atoms with E-state index in [0.717, 1.165) is 0 Å². The zero-order valence-electron chi connectivity index (χ0n) is 7.38. The molecule has 0 aromatic heterocycles. The number of esters is 1. The van der Waals surface area contributed by atoms with Crippen LogP contribution >= 0.6 is 17.0 Å². The summed E-state index contributed by atoms with van der Waals surface area (Å²) in [5.41, 5.74) is 0. The van der Waals surface area contributed by atoms with Gasteiger partial charge in [0.1, 0.15) is 6.04 Å². The molecule has 0 aromatic carbocycles. The van der Waals surface area contributed by atoms with E-state index in [1.807, 2.05) is 13.8 Å². The molecule has 0 spiro atoms. The Morgan fingerprint density at radius 1 is 1.45 bits per heavy atom. The second-order valence-corrected chi connectivity index (χ2v) is 2.53. The zero-order chi connectivity index (χ0) is 8.15. The highest BCUT2D eigenvalue weighted by Gasteiger charge is 2.19. The molecule has 0 saturated heterocycles. The fraction of sp³-hybridized carbons (Fsp3) is 0.857. The Bertz CT molecular complexity index is 117. The summed E-state index contributed by atoms with van der Waals surface area (Å²) < 4.78 is 4.56. The molecule has 11 heavy (non-hydrogen) atoms. The Morgan fingerprint density at radius 3 is 2.00 bits per heavy atom. The standard InChI is InChI=1S/C7H15NO2.BrH/c1-5(2)6(8-3)7(9)10-4;/h5-6,8H,1-4H3;1H/t6-;/m0./s1. The third kappa shape index (κ3) is 4.37. The zero-order valence-corrected chi connectivity index (χ0v) is 9.09. The van der Waals surface area contributed by atoms with Crippen LogP contribution in [0.1, 0.15) is 13.8 Å². The van der Waals surface area contributed by atoms with Gasteiger partial charge < -0.3 is 10.1 Å². The van der Waals surface area contributed by atoms with Crippen molar-refractivity contribution in [3.63, 3.8) is 0 Å². The van der Waals surface area contributed by atoms with Gasteiger partial charge in [-0.3, -0.25) is 4.79 Å². The van der Waals surface area contributed by atoms with Gasteiger partial charge >= 0.3 is 5.97 Å². The lowest BCUT2D eigenvalue weighted by atomic mass is 10.1. The highest BCUT2D eigenvalue weighted by molar-refractivity contribution is 8.93. The van der Waals surface area contributed by atoms with E-state index in [2.05, 4.69) is 10.1 Å². The van der Waals surface area contributed by atoms with Crippen LogP contribution in [0.3, 0.4) is 0 Å². The number of carbonyl (C=O) groups excluding carboxylic acids is 1. The third-order valence-corrected chi connectivity index (χ3v) is 1.43. The van der Waals surface area contributed by atoms with E-state index in [-0.39, 0.29) is 34.9 Å². The van der Waals surface area contributed by atoms with Crippen molar-refractivity contribution in [1.82, 2.24) is 5.32 Å². The Morgan fingerprint density at radius 2 is 1.91 bits per heavy atom. The number of hydrogen-bond donors (Lipinski definition) is 1. The molecule has 4 heteroatoms. The number of nitrogens with one attached hydrogen (secondary N) is 1. The number of hydrogen-bond acceptors (Lipinski definition) is 3. The van der Waals surface area contributed by atoms with Crippen molar-refractivity contribution < 1.29 is 9.53 Å². The van der Waals surface area contributed by atoms with E-state index in [4.69, 9.17) is 0 Å². The third-order valence-electron chi connectivity index (χ3n) is 1.43. The molecule has 0 aliphatic heterocycles. The van der Waals surface area contributed by atoms with Gasteiger partial charge in [-0.05, 0) is 13.0 Å². The highest BCUT2D eigenvalue weighted by atomic mass is 79.9. The Kier molecular flexibility index (Phi) is 8.11. The first-order valence-electron chi connectivity index (χ1n) is 3.38. The van der Waals surface area contributed by atoms with Crippen molar-refractivity contribution in [2.45, 2.75) is 19.9 Å². The lowest BCUT2D eigenvalue weighted by molar-refractivity contribution is -0.144. The van der Waals surface area contributed by atoms with Crippen LogP contribution < -0.4 is 5.32 Å². The average Bonchev–Trinajstić information content (AvgIpc) is 1.88. The minimum absolute atomic E-state index is 0. The van der Waals surface area contributed by atoms with E-state index < -0.39 is 0 Å². The molecule has 3 nitrogen and oxygen atoms in total. The first-order chi connectivity index (χ1) is 4.63. The quantitative estimate of drug-likeness (QED) is 0.729. The molecule has 1 atom stereocenters. The molecule has 0 aliphatic rings. The summed E-state index contributed by atoms with van der Waals surface area (Å²) in [6.07, 6.45) is 0. The van der Waals surface area contributed by atoms with Crippen LogP contribution in [0.15, 0.2) is 0 Å². The number of halogens is 1. The van der Waals surface area contributed by atoms with Crippen molar-refractivity contribution in [3.05, 3.63) is 0 Å². The van der Waals surface area contributed by atoms with Gasteiger partial charge in [0.2, 0.25) is 0 Å². The van der Waals surface area contributed by atoms with Gasteiger partial charge in [-0.2, -0.15) is 0 Å². The van der Waals surface area contributed by atoms with Gasteiger partial charge in [0.25, 0.3) is 0 Å². The Balaban J connectivity index is 0. The lowest BCUT2D eigenvalue weighted by Crippen LogP contribution is -2.39. The number of likely N-dealkylation sites (N-methyl/N-ethyl adjacent to an activating group) is 1. The van der Waals surface area contributed by atoms with Crippen LogP contribution in [0.25, 0.3) is 0 Å². The molecule has 0 unspecified atom stereocenters. The van der Waals surface area contributed by atoms with Gasteiger partial charge in [-0.1, -0.05) is 13.8 Å². The number of methoxy groups -OCH3 is 1. The maximum atomic E-state index is 10.9. The van der Waals surface area contributed by atoms with Crippen LogP contribution in [0.5, 0.6) is 0 Å². The van der Waals surface area contributed by atoms with Crippen LogP contribution in [0, 0.1) is 5.92 Å². The normalized spacial score (nSPS) is 12.1. The van der Waals surface area contributed by atoms with E-state index in [1.54, 1.807) is 7.05 Å². The molecular weight excluding hydrogens is 210 g/mol. The fourth-order valence-corrected chi connectivity index (χ4v) is 0.850. The van der Waals surface area contributed by atoms with Crippen molar-refractivity contribution in [3.8, 4) is 0 Å². The average molecular weight is 226 g/mol. The summed E-state index contributed by atoms with van der Waals surface area (Å²) >= 11 is 0. The van der Waals surface area contributed by atoms with E-state index in [0.29, 0.717) is 0 Å². The molecule has 0 heterocycles. The van der Waals surface area contributed by atoms with Crippen molar-refractivity contribution in [2.24, 2.45) is 5.92 Å². The van der Waals surface area contributed by atoms with Gasteiger partial charge in [0.05, 0.1) is 7.11 Å². The van der Waals surface area contributed by atoms with Crippen LogP contribution in [0.4, 0.5) is 0 Å². The van der Waals surface area contributed by atoms with Crippen molar-refractivity contribution >= 4 is 23.0 Å². The summed E-state index contributed by atoms with van der Waals surface area (Å²) in [5.74, 6) is 0.0787. The SMILES string of the molecule is Br.CN[C@H](C(=O)OC)C(C)C. The topological polar surface area (TPSA) is 38.3 Å². The minimum Gasteiger partial charge on any atom is -0.468 e. The molecule has 0 aromatic rings. The summed E-state index contributed by atoms with van der Waals surface area (Å²) in [6, 6.07) is -0.176. The molecule has 0 radical (unpaired) electrons. The van der Waals surface area contributed by atoms with Crippen LogP contribution in [-0.4, -0.2) is 26.2 Å². The maximum absolute atomic E-state index is 10.9. The summed E-state index contributed by atoms with van der Waals surface area (Å²) in [5, 5.41) is 2.88. The molecule has 0 fully saturated rings. The highest BCUT2D eigenvalue weighted by Crippen LogP contribution is 2.01. The second-order valence-electron chi connectivity index (χ2n) is 2.53. The molecule has 0 rings (SSSR count). The van der Waals surface area contributed by atoms with Crippen LogP contribution in [0.2, 0.25) is 0 Å². The molecule has 1 N–H and O–H groups in total. The van der Waals surface area contributed by atoms with E-state index in [9.17, 15) is 4.79 Å². The van der Waals surface area contributed by atoms with Gasteiger partial charge in [-0.25, -0.2) is 0 Å². The molecule has 0 saturated carbocycles. The molecule has 0 amide bonds. The minimum atomic E-state index is -0.197.